The SMILES string of the molecule is COc1cc2ncnc(Oc3cccc(NC(=O)Nc4cc(C(C)(C)F)no4)c3F)c2cc1OC. The molecule has 10 nitrogen and oxygen atoms in total. The zero-order chi connectivity index (χ0) is 25.2. The molecular formula is C23H21F2N5O5. The van der Waals surface area contributed by atoms with Gasteiger partial charge in [0.05, 0.1) is 30.8 Å². The number of ether oxygens (including phenoxy) is 3. The smallest absolute Gasteiger partial charge is 0.326 e. The number of methoxy groups -OCH3 is 2. The maximum absolute atomic E-state index is 15.1. The zero-order valence-corrected chi connectivity index (χ0v) is 19.2. The second-order valence-electron chi connectivity index (χ2n) is 7.75. The monoisotopic (exact) mass is 485 g/mol. The summed E-state index contributed by atoms with van der Waals surface area (Å²) in [7, 11) is 2.97. The first-order valence-electron chi connectivity index (χ1n) is 10.3. The molecule has 0 aliphatic carbocycles. The number of nitrogens with zero attached hydrogens (tertiary/aromatic N) is 3. The molecule has 0 saturated carbocycles. The first kappa shape index (κ1) is 23.7. The predicted molar refractivity (Wildman–Crippen MR) is 122 cm³/mol. The van der Waals surface area contributed by atoms with Gasteiger partial charge in [0, 0.05) is 12.1 Å². The van der Waals surface area contributed by atoms with Gasteiger partial charge in [0.15, 0.2) is 28.7 Å². The highest BCUT2D eigenvalue weighted by molar-refractivity contribution is 5.99. The third-order valence-corrected chi connectivity index (χ3v) is 4.88. The van der Waals surface area contributed by atoms with Crippen molar-refractivity contribution in [1.29, 1.82) is 0 Å². The number of nitrogens with one attached hydrogen (secondary N) is 2. The zero-order valence-electron chi connectivity index (χ0n) is 19.2. The molecule has 2 aromatic heterocycles. The van der Waals surface area contributed by atoms with Crippen molar-refractivity contribution >= 4 is 28.5 Å². The summed E-state index contributed by atoms with van der Waals surface area (Å²) in [6, 6.07) is 7.85. The number of carbonyl (C=O) groups is 1. The van der Waals surface area contributed by atoms with Crippen LogP contribution in [0, 0.1) is 5.82 Å². The number of benzene rings is 2. The Bertz CT molecular complexity index is 1390. The first-order chi connectivity index (χ1) is 16.7. The van der Waals surface area contributed by atoms with Crippen LogP contribution < -0.4 is 24.8 Å². The molecule has 0 atom stereocenters. The van der Waals surface area contributed by atoms with Crippen LogP contribution in [-0.2, 0) is 5.67 Å². The number of anilines is 2. The van der Waals surface area contributed by atoms with Crippen molar-refractivity contribution in [1.82, 2.24) is 15.1 Å². The summed E-state index contributed by atoms with van der Waals surface area (Å²) in [4.78, 5) is 20.6. The van der Waals surface area contributed by atoms with Crippen LogP contribution in [-0.4, -0.2) is 35.4 Å². The summed E-state index contributed by atoms with van der Waals surface area (Å²) in [5.41, 5.74) is -1.44. The van der Waals surface area contributed by atoms with Gasteiger partial charge in [-0.15, -0.1) is 0 Å². The lowest BCUT2D eigenvalue weighted by Crippen LogP contribution is -2.20. The molecule has 0 aliphatic rings. The molecule has 0 saturated heterocycles. The van der Waals surface area contributed by atoms with E-state index < -0.39 is 17.5 Å². The highest BCUT2D eigenvalue weighted by atomic mass is 19.1. The number of urea groups is 1. The summed E-state index contributed by atoms with van der Waals surface area (Å²) in [5, 5.41) is 8.69. The molecule has 12 heteroatoms. The molecule has 2 heterocycles. The normalized spacial score (nSPS) is 11.3. The molecule has 0 fully saturated rings. The van der Waals surface area contributed by atoms with E-state index in [-0.39, 0.29) is 28.9 Å². The second kappa shape index (κ2) is 9.41. The Kier molecular flexibility index (Phi) is 6.36. The molecule has 2 N–H and O–H groups in total. The molecule has 0 spiro atoms. The first-order valence-corrected chi connectivity index (χ1v) is 10.3. The van der Waals surface area contributed by atoms with Crippen LogP contribution in [0.5, 0.6) is 23.1 Å². The molecule has 182 valence electrons. The fourth-order valence-corrected chi connectivity index (χ4v) is 3.11. The third-order valence-electron chi connectivity index (χ3n) is 4.88. The fourth-order valence-electron chi connectivity index (χ4n) is 3.11. The quantitative estimate of drug-likeness (QED) is 0.356. The Morgan fingerprint density at radius 1 is 1.03 bits per heavy atom. The number of rotatable bonds is 7. The van der Waals surface area contributed by atoms with Gasteiger partial charge < -0.3 is 24.1 Å². The highest BCUT2D eigenvalue weighted by Gasteiger charge is 2.24. The number of aromatic nitrogens is 3. The van der Waals surface area contributed by atoms with Gasteiger partial charge >= 0.3 is 6.03 Å². The molecule has 2 amide bonds. The van der Waals surface area contributed by atoms with E-state index in [2.05, 4.69) is 25.8 Å². The van der Waals surface area contributed by atoms with Gasteiger partial charge in [-0.05, 0) is 32.0 Å². The number of alkyl halides is 1. The van der Waals surface area contributed by atoms with Crippen LogP contribution in [0.15, 0.2) is 47.2 Å². The minimum Gasteiger partial charge on any atom is -0.493 e. The van der Waals surface area contributed by atoms with Crippen molar-refractivity contribution in [2.45, 2.75) is 19.5 Å². The van der Waals surface area contributed by atoms with Crippen molar-refractivity contribution in [3.05, 3.63) is 54.2 Å². The van der Waals surface area contributed by atoms with Gasteiger partial charge in [0.25, 0.3) is 0 Å². The van der Waals surface area contributed by atoms with Crippen molar-refractivity contribution in [3.63, 3.8) is 0 Å². The van der Waals surface area contributed by atoms with E-state index in [1.54, 1.807) is 12.1 Å². The summed E-state index contributed by atoms with van der Waals surface area (Å²) >= 11 is 0. The van der Waals surface area contributed by atoms with Crippen molar-refractivity contribution in [2.24, 2.45) is 0 Å². The fraction of sp³-hybridized carbons (Fsp3) is 0.217. The number of halogens is 2. The molecule has 35 heavy (non-hydrogen) atoms. The van der Waals surface area contributed by atoms with Gasteiger partial charge in [-0.25, -0.2) is 23.5 Å². The van der Waals surface area contributed by atoms with Crippen LogP contribution >= 0.6 is 0 Å². The van der Waals surface area contributed by atoms with E-state index in [0.29, 0.717) is 22.4 Å². The minimum atomic E-state index is -1.75. The maximum atomic E-state index is 15.1. The summed E-state index contributed by atoms with van der Waals surface area (Å²) in [6.45, 7) is 2.59. The maximum Gasteiger partial charge on any atom is 0.326 e. The van der Waals surface area contributed by atoms with Crippen LogP contribution in [0.25, 0.3) is 10.9 Å². The van der Waals surface area contributed by atoms with Crippen LogP contribution in [0.2, 0.25) is 0 Å². The number of hydrogen-bond donors (Lipinski definition) is 2. The predicted octanol–water partition coefficient (Wildman–Crippen LogP) is 5.42. The molecule has 0 radical (unpaired) electrons. The Morgan fingerprint density at radius 2 is 1.77 bits per heavy atom. The average Bonchev–Trinajstić information content (AvgIpc) is 3.30. The largest absolute Gasteiger partial charge is 0.493 e. The topological polar surface area (TPSA) is 121 Å². The van der Waals surface area contributed by atoms with Crippen molar-refractivity contribution in [3.8, 4) is 23.1 Å². The van der Waals surface area contributed by atoms with Gasteiger partial charge in [0.2, 0.25) is 11.8 Å². The van der Waals surface area contributed by atoms with Gasteiger partial charge in [-0.2, -0.15) is 0 Å². The van der Waals surface area contributed by atoms with E-state index in [1.807, 2.05) is 0 Å². The van der Waals surface area contributed by atoms with Crippen LogP contribution in [0.1, 0.15) is 19.5 Å². The van der Waals surface area contributed by atoms with Gasteiger partial charge in [0.1, 0.15) is 12.0 Å². The third kappa shape index (κ3) is 5.05. The molecule has 0 bridgehead atoms. The van der Waals surface area contributed by atoms with Crippen molar-refractivity contribution < 1.29 is 32.3 Å². The summed E-state index contributed by atoms with van der Waals surface area (Å²) in [5.74, 6) is -0.204. The average molecular weight is 485 g/mol. The van der Waals surface area contributed by atoms with Gasteiger partial charge in [-0.3, -0.25) is 5.32 Å². The standard InChI is InChI=1S/C23H21F2N5O5/c1-23(2,25)18-10-19(35-30-18)29-22(31)28-13-6-5-7-15(20(13)24)34-21-12-8-16(32-3)17(33-4)9-14(12)26-11-27-21/h5-11H,1-4H3,(H2,28,29,31). The number of amides is 2. The number of fused-ring (bicyclic) bond motifs is 1. The second-order valence-corrected chi connectivity index (χ2v) is 7.75. The lowest BCUT2D eigenvalue weighted by Gasteiger charge is -2.13. The lowest BCUT2D eigenvalue weighted by molar-refractivity contribution is 0.205. The van der Waals surface area contributed by atoms with E-state index in [0.717, 1.165) is 0 Å². The molecule has 0 aliphatic heterocycles. The number of hydrogen-bond acceptors (Lipinski definition) is 8. The number of carbonyl (C=O) groups excluding carboxylic acids is 1. The lowest BCUT2D eigenvalue weighted by atomic mass is 10.1. The Morgan fingerprint density at radius 3 is 2.46 bits per heavy atom. The van der Waals surface area contributed by atoms with E-state index in [1.165, 1.54) is 58.7 Å². The summed E-state index contributed by atoms with van der Waals surface area (Å²) in [6.07, 6.45) is 1.27. The summed E-state index contributed by atoms with van der Waals surface area (Å²) < 4.78 is 50.3. The van der Waals surface area contributed by atoms with Gasteiger partial charge in [-0.1, -0.05) is 11.2 Å². The highest BCUT2D eigenvalue weighted by Crippen LogP contribution is 2.37. The molecule has 4 aromatic rings. The van der Waals surface area contributed by atoms with E-state index in [9.17, 15) is 9.18 Å². The molecule has 0 unspecified atom stereocenters. The van der Waals surface area contributed by atoms with Crippen LogP contribution in [0.4, 0.5) is 25.1 Å². The Balaban J connectivity index is 1.55. The van der Waals surface area contributed by atoms with Crippen molar-refractivity contribution in [2.75, 3.05) is 24.9 Å². The van der Waals surface area contributed by atoms with E-state index in [4.69, 9.17) is 18.7 Å². The van der Waals surface area contributed by atoms with E-state index >= 15 is 4.39 Å². The Labute approximate surface area is 198 Å². The molecular weight excluding hydrogens is 464 g/mol. The Hall–Kier alpha value is -4.48. The van der Waals surface area contributed by atoms with Crippen LogP contribution in [0.3, 0.4) is 0 Å². The molecule has 2 aromatic carbocycles. The minimum absolute atomic E-state index is 0.000654. The molecule has 4 rings (SSSR count).